The number of carboxylic acids is 1. The summed E-state index contributed by atoms with van der Waals surface area (Å²) in [5, 5.41) is 9.31. The van der Waals surface area contributed by atoms with E-state index in [-0.39, 0.29) is 24.7 Å². The van der Waals surface area contributed by atoms with Crippen molar-refractivity contribution >= 4 is 18.9 Å². The van der Waals surface area contributed by atoms with Crippen LogP contribution in [-0.2, 0) is 15.8 Å². The molecule has 0 aliphatic rings. The van der Waals surface area contributed by atoms with E-state index < -0.39 is 25.7 Å². The monoisotopic (exact) mass is 351 g/mol. The molecule has 3 N–H and O–H groups in total. The van der Waals surface area contributed by atoms with Crippen molar-refractivity contribution < 1.29 is 33.0 Å². The molecule has 0 spiro atoms. The molecule has 0 radical (unpaired) electrons. The van der Waals surface area contributed by atoms with Crippen molar-refractivity contribution in [3.8, 4) is 0 Å². The first-order chi connectivity index (χ1) is 10.6. The fraction of sp³-hybridized carbons (Fsp3) is 0.500. The van der Waals surface area contributed by atoms with Crippen molar-refractivity contribution in [1.29, 1.82) is 0 Å². The average molecular weight is 351 g/mol. The van der Waals surface area contributed by atoms with E-state index in [1.165, 1.54) is 38.1 Å². The molecule has 0 saturated heterocycles. The fourth-order valence-corrected chi connectivity index (χ4v) is 3.09. The molecule has 6 nitrogen and oxygen atoms in total. The smallest absolute Gasteiger partial charge is 0.356 e. The number of rotatable bonds is 8. The van der Waals surface area contributed by atoms with Gasteiger partial charge in [0.25, 0.3) is 6.55 Å². The largest absolute Gasteiger partial charge is 0.480 e. The Morgan fingerprint density at radius 2 is 1.78 bits per heavy atom. The van der Waals surface area contributed by atoms with Gasteiger partial charge in [0.15, 0.2) is 0 Å². The normalized spacial score (nSPS) is 15.0. The lowest BCUT2D eigenvalue weighted by atomic mass is 9.86. The van der Waals surface area contributed by atoms with Crippen LogP contribution < -0.4 is 5.30 Å². The molecule has 0 bridgehead atoms. The van der Waals surface area contributed by atoms with Gasteiger partial charge < -0.3 is 14.9 Å². The van der Waals surface area contributed by atoms with Crippen LogP contribution in [0.2, 0.25) is 0 Å². The number of nitrogens with zero attached hydrogens (tertiary/aromatic N) is 1. The van der Waals surface area contributed by atoms with Gasteiger partial charge in [-0.3, -0.25) is 9.36 Å². The predicted octanol–water partition coefficient (Wildman–Crippen LogP) is 1.81. The molecule has 0 aliphatic carbocycles. The van der Waals surface area contributed by atoms with Crippen molar-refractivity contribution in [2.45, 2.75) is 38.8 Å². The maximum atomic E-state index is 13.2. The Kier molecular flexibility index (Phi) is 6.41. The molecule has 130 valence electrons. The first-order valence-corrected chi connectivity index (χ1v) is 8.63. The van der Waals surface area contributed by atoms with Gasteiger partial charge in [-0.25, -0.2) is 4.90 Å². The van der Waals surface area contributed by atoms with Gasteiger partial charge in [-0.1, -0.05) is 26.0 Å². The Morgan fingerprint density at radius 3 is 2.09 bits per heavy atom. The Hall–Kier alpha value is -1.34. The van der Waals surface area contributed by atoms with Gasteiger partial charge >= 0.3 is 13.6 Å². The zero-order chi connectivity index (χ0) is 17.8. The van der Waals surface area contributed by atoms with Crippen LogP contribution in [0.1, 0.15) is 25.8 Å². The van der Waals surface area contributed by atoms with Crippen LogP contribution in [0.15, 0.2) is 24.3 Å². The number of hydrogen-bond acceptors (Lipinski definition) is 3. The third-order valence-electron chi connectivity index (χ3n) is 3.88. The second-order valence-corrected chi connectivity index (χ2v) is 6.75. The van der Waals surface area contributed by atoms with Gasteiger partial charge in [0.2, 0.25) is 0 Å². The summed E-state index contributed by atoms with van der Waals surface area (Å²) in [6.07, 6.45) is -0.237. The minimum absolute atomic E-state index is 0.0409. The maximum Gasteiger partial charge on any atom is 0.356 e. The third kappa shape index (κ3) is 4.35. The van der Waals surface area contributed by atoms with Crippen molar-refractivity contribution in [2.75, 3.05) is 6.54 Å². The number of carbonyl (C=O) groups is 1. The first-order valence-electron chi connectivity index (χ1n) is 7.01. The van der Waals surface area contributed by atoms with Crippen molar-refractivity contribution in [3.05, 3.63) is 29.8 Å². The van der Waals surface area contributed by atoms with Crippen LogP contribution in [0.5, 0.6) is 0 Å². The minimum atomic E-state index is -4.40. The van der Waals surface area contributed by atoms with E-state index in [1.807, 2.05) is 0 Å². The molecule has 0 fully saturated rings. The molecule has 9 heteroatoms. The Morgan fingerprint density at radius 1 is 1.26 bits per heavy atom. The van der Waals surface area contributed by atoms with E-state index in [2.05, 4.69) is 0 Å². The summed E-state index contributed by atoms with van der Waals surface area (Å²) in [4.78, 5) is 30.4. The number of aliphatic carboxylic acids is 1. The van der Waals surface area contributed by atoms with E-state index in [1.54, 1.807) is 0 Å². The molecule has 0 unspecified atom stereocenters. The van der Waals surface area contributed by atoms with Crippen LogP contribution >= 0.6 is 7.60 Å². The number of halogens is 2. The second-order valence-electron chi connectivity index (χ2n) is 5.14. The van der Waals surface area contributed by atoms with Crippen LogP contribution in [0.3, 0.4) is 0 Å². The molecule has 0 aliphatic heterocycles. The Labute approximate surface area is 132 Å². The summed E-state index contributed by atoms with van der Waals surface area (Å²) in [5.41, 5.74) is -1.38. The molecule has 1 aromatic rings. The summed E-state index contributed by atoms with van der Waals surface area (Å²) < 4.78 is 37.6. The lowest BCUT2D eigenvalue weighted by Crippen LogP contribution is -2.57. The number of benzene rings is 1. The first kappa shape index (κ1) is 19.7. The number of alkyl halides is 2. The Bertz CT molecular complexity index is 589. The maximum absolute atomic E-state index is 13.2. The molecule has 1 rings (SSSR count). The molecule has 0 heterocycles. The SMILES string of the molecule is CCN(C(F)F)[C@@](CC)(Cc1ccc(P(=O)(O)O)cc1)C(=O)O. The van der Waals surface area contributed by atoms with Gasteiger partial charge in [0.05, 0.1) is 5.30 Å². The Balaban J connectivity index is 3.21. The summed E-state index contributed by atoms with van der Waals surface area (Å²) in [7, 11) is -4.40. The molecule has 0 aromatic heterocycles. The third-order valence-corrected chi connectivity index (χ3v) is 4.85. The molecule has 0 saturated carbocycles. The van der Waals surface area contributed by atoms with E-state index in [9.17, 15) is 23.2 Å². The minimum Gasteiger partial charge on any atom is -0.480 e. The van der Waals surface area contributed by atoms with Crippen LogP contribution in [0.25, 0.3) is 0 Å². The zero-order valence-electron chi connectivity index (χ0n) is 12.8. The van der Waals surface area contributed by atoms with Gasteiger partial charge in [-0.05, 0) is 24.1 Å². The van der Waals surface area contributed by atoms with Gasteiger partial charge in [-0.15, -0.1) is 0 Å². The summed E-state index contributed by atoms with van der Waals surface area (Å²) in [6, 6.07) is 5.05. The highest BCUT2D eigenvalue weighted by atomic mass is 31.2. The van der Waals surface area contributed by atoms with E-state index in [4.69, 9.17) is 9.79 Å². The molecular weight excluding hydrogens is 331 g/mol. The van der Waals surface area contributed by atoms with E-state index in [0.717, 1.165) is 0 Å². The molecule has 0 amide bonds. The summed E-state index contributed by atoms with van der Waals surface area (Å²) in [6.45, 7) is -0.0942. The topological polar surface area (TPSA) is 98.1 Å². The van der Waals surface area contributed by atoms with Crippen LogP contribution in [0, 0.1) is 0 Å². The highest BCUT2D eigenvalue weighted by Crippen LogP contribution is 2.34. The summed E-state index contributed by atoms with van der Waals surface area (Å²) in [5.74, 6) is -1.36. The van der Waals surface area contributed by atoms with Crippen molar-refractivity contribution in [1.82, 2.24) is 4.90 Å². The average Bonchev–Trinajstić information content (AvgIpc) is 2.45. The van der Waals surface area contributed by atoms with Gasteiger partial charge in [0.1, 0.15) is 5.54 Å². The summed E-state index contributed by atoms with van der Waals surface area (Å²) >= 11 is 0. The number of carboxylic acid groups (broad SMARTS) is 1. The van der Waals surface area contributed by atoms with E-state index >= 15 is 0 Å². The molecular formula is C14H20F2NO5P. The highest BCUT2D eigenvalue weighted by Gasteiger charge is 2.45. The zero-order valence-corrected chi connectivity index (χ0v) is 13.7. The van der Waals surface area contributed by atoms with Gasteiger partial charge in [-0.2, -0.15) is 8.78 Å². The second kappa shape index (κ2) is 7.49. The van der Waals surface area contributed by atoms with Crippen LogP contribution in [-0.4, -0.2) is 44.4 Å². The van der Waals surface area contributed by atoms with Crippen molar-refractivity contribution in [3.63, 3.8) is 0 Å². The fourth-order valence-electron chi connectivity index (χ4n) is 2.55. The highest BCUT2D eigenvalue weighted by molar-refractivity contribution is 7.60. The number of likely N-dealkylation sites (N-methyl/N-ethyl adjacent to an activating group) is 1. The van der Waals surface area contributed by atoms with E-state index in [0.29, 0.717) is 10.5 Å². The predicted molar refractivity (Wildman–Crippen MR) is 80.9 cm³/mol. The molecule has 1 atom stereocenters. The molecule has 1 aromatic carbocycles. The van der Waals surface area contributed by atoms with Crippen molar-refractivity contribution in [2.24, 2.45) is 0 Å². The lowest BCUT2D eigenvalue weighted by Gasteiger charge is -2.39. The van der Waals surface area contributed by atoms with Gasteiger partial charge in [0, 0.05) is 13.0 Å². The lowest BCUT2D eigenvalue weighted by molar-refractivity contribution is -0.166. The quantitative estimate of drug-likeness (QED) is 0.488. The van der Waals surface area contributed by atoms with Crippen LogP contribution in [0.4, 0.5) is 8.78 Å². The standard InChI is InChI=1S/C14H20F2NO5P/c1-3-14(12(18)19,17(4-2)13(15)16)9-10-5-7-11(8-6-10)23(20,21)22/h5-8,13H,3-4,9H2,1-2H3,(H,18,19)(H2,20,21,22)/t14-/m0/s1. The number of hydrogen-bond donors (Lipinski definition) is 3. The molecule has 23 heavy (non-hydrogen) atoms.